The van der Waals surface area contributed by atoms with E-state index in [0.717, 1.165) is 80.1 Å². The minimum atomic E-state index is -1.44. The highest BCUT2D eigenvalue weighted by Gasteiger charge is 2.65. The average molecular weight is 993 g/mol. The molecule has 1 amide bonds. The summed E-state index contributed by atoms with van der Waals surface area (Å²) in [6.45, 7) is 13.0. The summed E-state index contributed by atoms with van der Waals surface area (Å²) in [6, 6.07) is 16.2. The maximum atomic E-state index is 15.4. The van der Waals surface area contributed by atoms with E-state index in [1.807, 2.05) is 62.1 Å². The van der Waals surface area contributed by atoms with Crippen LogP contribution in [0, 0.1) is 17.8 Å². The summed E-state index contributed by atoms with van der Waals surface area (Å²) in [6.07, 6.45) is 20.1. The van der Waals surface area contributed by atoms with Crippen molar-refractivity contribution in [3.05, 3.63) is 95.6 Å². The number of carbonyl (C=O) groups is 2. The summed E-state index contributed by atoms with van der Waals surface area (Å²) in [5.41, 5.74) is 3.23. The van der Waals surface area contributed by atoms with Crippen LogP contribution in [0.1, 0.15) is 164 Å². The Morgan fingerprint density at radius 3 is 2.26 bits per heavy atom. The molecule has 0 radical (unpaired) electrons. The number of unbranched alkanes of at least 4 members (excludes halogenated alkanes) is 10. The van der Waals surface area contributed by atoms with Crippen molar-refractivity contribution in [2.45, 2.75) is 167 Å². The lowest BCUT2D eigenvalue weighted by Crippen LogP contribution is -2.70. The Balaban J connectivity index is 1.39. The van der Waals surface area contributed by atoms with Gasteiger partial charge in [-0.2, -0.15) is 0 Å². The van der Waals surface area contributed by atoms with Crippen molar-refractivity contribution < 1.29 is 53.1 Å². The molecular formula is C59H80N2O11. The van der Waals surface area contributed by atoms with E-state index in [0.29, 0.717) is 59.3 Å². The van der Waals surface area contributed by atoms with Gasteiger partial charge in [-0.15, -0.1) is 6.58 Å². The number of benzene rings is 3. The molecule has 7 rings (SSSR count). The molecule has 2 N–H and O–H groups in total. The molecular weight excluding hydrogens is 913 g/mol. The zero-order valence-electron chi connectivity index (χ0n) is 43.5. The highest BCUT2D eigenvalue weighted by Crippen LogP contribution is 2.62. The van der Waals surface area contributed by atoms with Crippen LogP contribution >= 0.6 is 0 Å². The third-order valence-corrected chi connectivity index (χ3v) is 14.6. The van der Waals surface area contributed by atoms with Crippen LogP contribution in [0.25, 0.3) is 0 Å². The molecule has 13 nitrogen and oxygen atoms in total. The van der Waals surface area contributed by atoms with E-state index < -0.39 is 23.3 Å². The first-order valence-corrected chi connectivity index (χ1v) is 26.7. The fourth-order valence-electron chi connectivity index (χ4n) is 11.2. The number of hydrogen-bond donors (Lipinski definition) is 2. The standard InChI is InChI=1S/C59H80N2O11/c1-7-9-10-11-12-13-14-15-16-23-55(65)61(38-41-24-27-52-53(33-41)68-40-67-52)54-37-49(60-72-58(3,4)5)47-35-42(21-17-19-30-62)46(22-18-20-31-63)56-48-36-45(70-44-25-28-50(66-6)43(34-44)39-64)26-29-51(48)71-59(54,57(47)56)69-32-8-2/h8,24-29,33-36,39,42,46,54,56-57,62-63H,2,7,9-23,30-32,37-38,40H2,1,3-6H3. The smallest absolute Gasteiger partial charge is 0.239 e. The number of aliphatic hydroxyl groups excluding tert-OH is 2. The van der Waals surface area contributed by atoms with Crippen molar-refractivity contribution in [3.8, 4) is 34.5 Å². The second-order valence-electron chi connectivity index (χ2n) is 20.9. The lowest BCUT2D eigenvalue weighted by molar-refractivity contribution is -0.258. The van der Waals surface area contributed by atoms with Crippen LogP contribution < -0.4 is 23.7 Å². The molecule has 2 heterocycles. The van der Waals surface area contributed by atoms with Gasteiger partial charge < -0.3 is 48.4 Å². The number of carbonyl (C=O) groups excluding carboxylic acids is 2. The first-order chi connectivity index (χ1) is 35.0. The van der Waals surface area contributed by atoms with Crippen LogP contribution in [0.3, 0.4) is 0 Å². The summed E-state index contributed by atoms with van der Waals surface area (Å²) < 4.78 is 38.4. The van der Waals surface area contributed by atoms with Gasteiger partial charge in [-0.25, -0.2) is 0 Å². The summed E-state index contributed by atoms with van der Waals surface area (Å²) in [7, 11) is 1.53. The molecule has 0 spiro atoms. The summed E-state index contributed by atoms with van der Waals surface area (Å²) in [5.74, 6) is 1.24. The highest BCUT2D eigenvalue weighted by atomic mass is 16.7. The molecule has 72 heavy (non-hydrogen) atoms. The Labute approximate surface area is 427 Å². The van der Waals surface area contributed by atoms with E-state index in [9.17, 15) is 15.0 Å². The van der Waals surface area contributed by atoms with Gasteiger partial charge in [0.2, 0.25) is 18.5 Å². The minimum absolute atomic E-state index is 0.00762. The van der Waals surface area contributed by atoms with E-state index in [4.69, 9.17) is 38.4 Å². The zero-order chi connectivity index (χ0) is 51.1. The molecule has 4 aliphatic rings. The normalized spacial score (nSPS) is 22.3. The Hall–Kier alpha value is -5.37. The Morgan fingerprint density at radius 2 is 1.56 bits per heavy atom. The van der Waals surface area contributed by atoms with E-state index in [1.165, 1.54) is 39.2 Å². The lowest BCUT2D eigenvalue weighted by Gasteiger charge is -2.60. The molecule has 6 unspecified atom stereocenters. The first kappa shape index (κ1) is 54.4. The number of rotatable bonds is 29. The molecule has 0 saturated heterocycles. The van der Waals surface area contributed by atoms with E-state index in [1.54, 1.807) is 24.3 Å². The molecule has 0 bridgehead atoms. The van der Waals surface area contributed by atoms with Gasteiger partial charge in [-0.05, 0) is 124 Å². The van der Waals surface area contributed by atoms with E-state index >= 15 is 4.79 Å². The van der Waals surface area contributed by atoms with E-state index in [2.05, 4.69) is 19.6 Å². The Kier molecular flexibility index (Phi) is 19.7. The quantitative estimate of drug-likeness (QED) is 0.0295. The average Bonchev–Trinajstić information content (AvgIpc) is 3.85. The second kappa shape index (κ2) is 26.0. The number of amides is 1. The zero-order valence-corrected chi connectivity index (χ0v) is 43.5. The van der Waals surface area contributed by atoms with Crippen molar-refractivity contribution in [1.29, 1.82) is 0 Å². The van der Waals surface area contributed by atoms with Gasteiger partial charge in [0, 0.05) is 44.1 Å². The van der Waals surface area contributed by atoms with Crippen LogP contribution in [0.15, 0.2) is 84.1 Å². The van der Waals surface area contributed by atoms with Crippen molar-refractivity contribution in [2.75, 3.05) is 33.7 Å². The van der Waals surface area contributed by atoms with Crippen LogP contribution in [0.4, 0.5) is 0 Å². The molecule has 392 valence electrons. The Morgan fingerprint density at radius 1 is 0.861 bits per heavy atom. The number of oxime groups is 1. The van der Waals surface area contributed by atoms with Crippen molar-refractivity contribution in [3.63, 3.8) is 0 Å². The van der Waals surface area contributed by atoms with E-state index in [-0.39, 0.29) is 63.2 Å². The van der Waals surface area contributed by atoms with Gasteiger partial charge in [-0.1, -0.05) is 94.5 Å². The van der Waals surface area contributed by atoms with Gasteiger partial charge in [0.1, 0.15) is 34.6 Å². The molecule has 13 heteroatoms. The number of nitrogens with zero attached hydrogens (tertiary/aromatic N) is 2. The fourth-order valence-corrected chi connectivity index (χ4v) is 11.2. The maximum Gasteiger partial charge on any atom is 0.239 e. The molecule has 2 aliphatic heterocycles. The summed E-state index contributed by atoms with van der Waals surface area (Å²) in [4.78, 5) is 35.8. The summed E-state index contributed by atoms with van der Waals surface area (Å²) >= 11 is 0. The predicted octanol–water partition coefficient (Wildman–Crippen LogP) is 12.4. The van der Waals surface area contributed by atoms with Crippen molar-refractivity contribution >= 4 is 17.9 Å². The highest BCUT2D eigenvalue weighted by molar-refractivity contribution is 6.03. The van der Waals surface area contributed by atoms with Crippen LogP contribution in [-0.4, -0.2) is 84.2 Å². The SMILES string of the molecule is C=CCOC12Oc3ccc(Oc4ccc(OC)c(C=O)c4)cc3C3C(CCCCO)C(CCCCO)C=C(C(=NOC(C)(C)C)CC1N(Cc1ccc4c(c1)OCO4)C(=O)CCCCCCCCCCC)C32. The summed E-state index contributed by atoms with van der Waals surface area (Å²) in [5, 5.41) is 25.2. The third-order valence-electron chi connectivity index (χ3n) is 14.6. The molecule has 6 atom stereocenters. The fraction of sp³-hybridized carbons (Fsp3) is 0.576. The predicted molar refractivity (Wildman–Crippen MR) is 279 cm³/mol. The monoisotopic (exact) mass is 993 g/mol. The maximum absolute atomic E-state index is 15.4. The van der Waals surface area contributed by atoms with Crippen molar-refractivity contribution in [1.82, 2.24) is 4.90 Å². The van der Waals surface area contributed by atoms with Gasteiger partial charge in [0.15, 0.2) is 17.8 Å². The third kappa shape index (κ3) is 13.2. The first-order valence-electron chi connectivity index (χ1n) is 26.7. The molecule has 1 saturated carbocycles. The molecule has 1 fully saturated rings. The minimum Gasteiger partial charge on any atom is -0.496 e. The number of ether oxygens (including phenoxy) is 6. The topological polar surface area (TPSA) is 155 Å². The van der Waals surface area contributed by atoms with Gasteiger partial charge >= 0.3 is 0 Å². The van der Waals surface area contributed by atoms with Gasteiger partial charge in [0.05, 0.1) is 30.9 Å². The molecule has 0 aromatic heterocycles. The largest absolute Gasteiger partial charge is 0.496 e. The number of hydrogen-bond acceptors (Lipinski definition) is 12. The number of fused-ring (bicyclic) bond motifs is 3. The van der Waals surface area contributed by atoms with Crippen LogP contribution in [-0.2, 0) is 20.9 Å². The number of allylic oxidation sites excluding steroid dienone is 1. The van der Waals surface area contributed by atoms with Crippen LogP contribution in [0.5, 0.6) is 34.5 Å². The van der Waals surface area contributed by atoms with Gasteiger partial charge in [-0.3, -0.25) is 9.59 Å². The van der Waals surface area contributed by atoms with Gasteiger partial charge in [0.25, 0.3) is 0 Å². The molecule has 3 aromatic carbocycles. The molecule has 3 aromatic rings. The van der Waals surface area contributed by atoms with Crippen LogP contribution in [0.2, 0.25) is 0 Å². The molecule has 2 aliphatic carbocycles. The number of methoxy groups -OCH3 is 1. The number of aliphatic hydroxyl groups is 2. The lowest BCUT2D eigenvalue weighted by atomic mass is 9.55. The Bertz CT molecular complexity index is 2340. The van der Waals surface area contributed by atoms with Crippen molar-refractivity contribution in [2.24, 2.45) is 22.9 Å². The second-order valence-corrected chi connectivity index (χ2v) is 20.9. The number of aldehydes is 1.